The van der Waals surface area contributed by atoms with E-state index >= 15 is 0 Å². The van der Waals surface area contributed by atoms with Crippen LogP contribution in [0.3, 0.4) is 0 Å². The van der Waals surface area contributed by atoms with E-state index in [0.717, 1.165) is 31.9 Å². The largest absolute Gasteiger partial charge is 0.481 e. The number of methoxy groups -OCH3 is 1. The minimum atomic E-state index is 0.654. The first-order valence-corrected chi connectivity index (χ1v) is 6.77. The molecule has 0 fully saturated rings. The Morgan fingerprint density at radius 1 is 1.25 bits per heavy atom. The molecule has 5 heteroatoms. The second kappa shape index (κ2) is 5.54. The first-order valence-electron chi connectivity index (χ1n) is 6.77. The van der Waals surface area contributed by atoms with Gasteiger partial charge in [0.2, 0.25) is 5.88 Å². The van der Waals surface area contributed by atoms with Crippen LogP contribution in [0.4, 0.5) is 0 Å². The van der Waals surface area contributed by atoms with Gasteiger partial charge in [-0.25, -0.2) is 15.0 Å². The van der Waals surface area contributed by atoms with Gasteiger partial charge >= 0.3 is 0 Å². The minimum absolute atomic E-state index is 0.654. The highest BCUT2D eigenvalue weighted by molar-refractivity contribution is 5.22. The molecule has 0 saturated carbocycles. The van der Waals surface area contributed by atoms with E-state index in [9.17, 15) is 0 Å². The van der Waals surface area contributed by atoms with Crippen LogP contribution < -0.4 is 4.74 Å². The lowest BCUT2D eigenvalue weighted by molar-refractivity contribution is 0.242. The number of aromatic nitrogens is 3. The monoisotopic (exact) mass is 270 g/mol. The van der Waals surface area contributed by atoms with Crippen molar-refractivity contribution in [1.29, 1.82) is 0 Å². The van der Waals surface area contributed by atoms with Gasteiger partial charge in [-0.15, -0.1) is 0 Å². The number of fused-ring (bicyclic) bond motifs is 1. The van der Waals surface area contributed by atoms with Gasteiger partial charge < -0.3 is 4.74 Å². The van der Waals surface area contributed by atoms with E-state index in [1.807, 2.05) is 25.4 Å². The van der Waals surface area contributed by atoms with Crippen molar-refractivity contribution < 1.29 is 4.74 Å². The smallest absolute Gasteiger partial charge is 0.212 e. The fraction of sp³-hybridized carbons (Fsp3) is 0.400. The number of aryl methyl sites for hydroxylation is 1. The highest BCUT2D eigenvalue weighted by Crippen LogP contribution is 2.18. The summed E-state index contributed by atoms with van der Waals surface area (Å²) in [7, 11) is 1.63. The number of hydrogen-bond donors (Lipinski definition) is 0. The molecule has 0 unspecified atom stereocenters. The van der Waals surface area contributed by atoms with Gasteiger partial charge in [0.25, 0.3) is 0 Å². The van der Waals surface area contributed by atoms with Crippen molar-refractivity contribution >= 4 is 0 Å². The summed E-state index contributed by atoms with van der Waals surface area (Å²) in [6.07, 6.45) is 4.82. The zero-order valence-corrected chi connectivity index (χ0v) is 11.8. The summed E-state index contributed by atoms with van der Waals surface area (Å²) in [6, 6.07) is 3.96. The Morgan fingerprint density at radius 2 is 2.15 bits per heavy atom. The molecule has 3 heterocycles. The van der Waals surface area contributed by atoms with E-state index in [0.29, 0.717) is 5.88 Å². The zero-order chi connectivity index (χ0) is 13.9. The molecule has 1 aliphatic rings. The van der Waals surface area contributed by atoms with E-state index in [-0.39, 0.29) is 0 Å². The van der Waals surface area contributed by atoms with Crippen LogP contribution in [0.15, 0.2) is 24.5 Å². The Bertz CT molecular complexity index is 597. The lowest BCUT2D eigenvalue weighted by Gasteiger charge is -2.27. The zero-order valence-electron chi connectivity index (χ0n) is 11.8. The molecule has 20 heavy (non-hydrogen) atoms. The van der Waals surface area contributed by atoms with Gasteiger partial charge in [0, 0.05) is 55.8 Å². The van der Waals surface area contributed by atoms with Crippen LogP contribution in [-0.4, -0.2) is 33.5 Å². The minimum Gasteiger partial charge on any atom is -0.481 e. The summed E-state index contributed by atoms with van der Waals surface area (Å²) in [5.74, 6) is 1.51. The Morgan fingerprint density at radius 3 is 2.90 bits per heavy atom. The average molecular weight is 270 g/mol. The van der Waals surface area contributed by atoms with Gasteiger partial charge in [0.05, 0.1) is 7.11 Å². The predicted octanol–water partition coefficient (Wildman–Crippen LogP) is 1.75. The van der Waals surface area contributed by atoms with Crippen LogP contribution in [-0.2, 0) is 19.5 Å². The number of nitrogens with zero attached hydrogens (tertiary/aromatic N) is 4. The number of hydrogen-bond acceptors (Lipinski definition) is 5. The van der Waals surface area contributed by atoms with E-state index in [4.69, 9.17) is 4.74 Å². The molecular weight excluding hydrogens is 252 g/mol. The Labute approximate surface area is 118 Å². The molecule has 3 rings (SSSR count). The van der Waals surface area contributed by atoms with Crippen molar-refractivity contribution in [3.63, 3.8) is 0 Å². The van der Waals surface area contributed by atoms with Crippen molar-refractivity contribution in [2.75, 3.05) is 13.7 Å². The summed E-state index contributed by atoms with van der Waals surface area (Å²) in [4.78, 5) is 15.4. The second-order valence-corrected chi connectivity index (χ2v) is 5.06. The van der Waals surface area contributed by atoms with Gasteiger partial charge in [0.1, 0.15) is 5.82 Å². The first-order chi connectivity index (χ1) is 9.74. The summed E-state index contributed by atoms with van der Waals surface area (Å²) >= 11 is 0. The quantitative estimate of drug-likeness (QED) is 0.850. The standard InChI is InChI=1S/C15H18N4O/c1-11-16-8-13-10-19(6-5-14(13)18-11)9-12-3-4-15(20-2)17-7-12/h3-4,7-8H,5-6,9-10H2,1-2H3. The Balaban J connectivity index is 1.69. The van der Waals surface area contributed by atoms with Crippen LogP contribution in [0.25, 0.3) is 0 Å². The van der Waals surface area contributed by atoms with Crippen molar-refractivity contribution in [2.45, 2.75) is 26.4 Å². The third kappa shape index (κ3) is 2.77. The van der Waals surface area contributed by atoms with Crippen LogP contribution in [0, 0.1) is 6.92 Å². The van der Waals surface area contributed by atoms with Crippen LogP contribution in [0.1, 0.15) is 22.6 Å². The molecule has 104 valence electrons. The van der Waals surface area contributed by atoms with E-state index in [1.165, 1.54) is 16.8 Å². The maximum absolute atomic E-state index is 5.08. The number of pyridine rings is 1. The summed E-state index contributed by atoms with van der Waals surface area (Å²) in [6.45, 7) is 4.76. The average Bonchev–Trinajstić information content (AvgIpc) is 2.48. The number of rotatable bonds is 3. The number of ether oxygens (including phenoxy) is 1. The van der Waals surface area contributed by atoms with Gasteiger partial charge in [-0.05, 0) is 12.5 Å². The lowest BCUT2D eigenvalue weighted by atomic mass is 10.1. The maximum atomic E-state index is 5.08. The van der Waals surface area contributed by atoms with Gasteiger partial charge in [-0.1, -0.05) is 6.07 Å². The molecule has 2 aromatic rings. The third-order valence-corrected chi connectivity index (χ3v) is 3.55. The highest BCUT2D eigenvalue weighted by atomic mass is 16.5. The van der Waals surface area contributed by atoms with E-state index in [1.54, 1.807) is 7.11 Å². The molecule has 0 aromatic carbocycles. The Hall–Kier alpha value is -2.01. The molecular formula is C15H18N4O. The molecule has 1 aliphatic heterocycles. The third-order valence-electron chi connectivity index (χ3n) is 3.55. The van der Waals surface area contributed by atoms with Gasteiger partial charge in [0.15, 0.2) is 0 Å². The lowest BCUT2D eigenvalue weighted by Crippen LogP contribution is -2.31. The maximum Gasteiger partial charge on any atom is 0.212 e. The molecule has 2 aromatic heterocycles. The SMILES string of the molecule is COc1ccc(CN2CCc3nc(C)ncc3C2)cn1. The fourth-order valence-corrected chi connectivity index (χ4v) is 2.49. The molecule has 0 saturated heterocycles. The molecule has 0 radical (unpaired) electrons. The van der Waals surface area contributed by atoms with Crippen molar-refractivity contribution in [1.82, 2.24) is 19.9 Å². The summed E-state index contributed by atoms with van der Waals surface area (Å²) in [5.41, 5.74) is 3.63. The first kappa shape index (κ1) is 13.0. The Kier molecular flexibility index (Phi) is 3.60. The summed E-state index contributed by atoms with van der Waals surface area (Å²) in [5, 5.41) is 0. The van der Waals surface area contributed by atoms with Crippen molar-refractivity contribution in [3.8, 4) is 5.88 Å². The van der Waals surface area contributed by atoms with Crippen LogP contribution in [0.5, 0.6) is 5.88 Å². The fourth-order valence-electron chi connectivity index (χ4n) is 2.49. The molecule has 0 aliphatic carbocycles. The summed E-state index contributed by atoms with van der Waals surface area (Å²) < 4.78 is 5.08. The van der Waals surface area contributed by atoms with Gasteiger partial charge in [-0.3, -0.25) is 4.90 Å². The van der Waals surface area contributed by atoms with Crippen LogP contribution >= 0.6 is 0 Å². The van der Waals surface area contributed by atoms with E-state index < -0.39 is 0 Å². The van der Waals surface area contributed by atoms with Gasteiger partial charge in [-0.2, -0.15) is 0 Å². The molecule has 0 bridgehead atoms. The normalized spacial score (nSPS) is 14.9. The molecule has 0 N–H and O–H groups in total. The second-order valence-electron chi connectivity index (χ2n) is 5.06. The molecule has 0 amide bonds. The topological polar surface area (TPSA) is 51.1 Å². The van der Waals surface area contributed by atoms with Crippen molar-refractivity contribution in [2.24, 2.45) is 0 Å². The molecule has 0 atom stereocenters. The highest BCUT2D eigenvalue weighted by Gasteiger charge is 2.18. The molecule has 0 spiro atoms. The van der Waals surface area contributed by atoms with Crippen molar-refractivity contribution in [3.05, 3.63) is 47.2 Å². The predicted molar refractivity (Wildman–Crippen MR) is 75.4 cm³/mol. The molecule has 5 nitrogen and oxygen atoms in total. The van der Waals surface area contributed by atoms with E-state index in [2.05, 4.69) is 25.9 Å². The van der Waals surface area contributed by atoms with Crippen LogP contribution in [0.2, 0.25) is 0 Å².